The largest absolute Gasteiger partial charge is 0.461 e. The molecule has 6 nitrogen and oxygen atoms in total. The van der Waals surface area contributed by atoms with Gasteiger partial charge in [-0.1, -0.05) is 11.6 Å². The minimum absolute atomic E-state index is 0.517. The summed E-state index contributed by atoms with van der Waals surface area (Å²) in [6, 6.07) is 12.8. The van der Waals surface area contributed by atoms with Crippen LogP contribution in [0.4, 0.5) is 0 Å². The topological polar surface area (TPSA) is 80.5 Å². The van der Waals surface area contributed by atoms with Crippen molar-refractivity contribution in [3.8, 4) is 17.7 Å². The quantitative estimate of drug-likeness (QED) is 0.537. The summed E-state index contributed by atoms with van der Waals surface area (Å²) in [5.41, 5.74) is 1.22. The summed E-state index contributed by atoms with van der Waals surface area (Å²) >= 11 is 7.35. The van der Waals surface area contributed by atoms with Crippen LogP contribution in [-0.4, -0.2) is 19.7 Å². The van der Waals surface area contributed by atoms with E-state index in [0.717, 1.165) is 5.39 Å². The van der Waals surface area contributed by atoms with Gasteiger partial charge >= 0.3 is 0 Å². The van der Waals surface area contributed by atoms with Gasteiger partial charge in [0, 0.05) is 17.5 Å². The molecule has 0 radical (unpaired) electrons. The molecule has 4 aromatic rings. The first-order valence-corrected chi connectivity index (χ1v) is 8.46. The van der Waals surface area contributed by atoms with Crippen LogP contribution in [0, 0.1) is 11.3 Å². The van der Waals surface area contributed by atoms with E-state index in [1.165, 1.54) is 11.8 Å². The molecule has 3 heterocycles. The normalized spacial score (nSPS) is 10.9. The zero-order valence-corrected chi connectivity index (χ0v) is 14.5. The summed E-state index contributed by atoms with van der Waals surface area (Å²) in [5.74, 6) is 1.27. The Bertz CT molecular complexity index is 1110. The van der Waals surface area contributed by atoms with Crippen LogP contribution < -0.4 is 0 Å². The predicted octanol–water partition coefficient (Wildman–Crippen LogP) is 4.30. The fraction of sp³-hybridized carbons (Fsp3) is 0.0588. The second-order valence-corrected chi connectivity index (χ2v) is 6.65. The first-order valence-electron chi connectivity index (χ1n) is 7.27. The van der Waals surface area contributed by atoms with Crippen LogP contribution in [0.25, 0.3) is 22.5 Å². The highest BCUT2D eigenvalue weighted by Gasteiger charge is 2.15. The van der Waals surface area contributed by atoms with Gasteiger partial charge in [0.05, 0.1) is 23.4 Å². The highest BCUT2D eigenvalue weighted by atomic mass is 35.5. The highest BCUT2D eigenvalue weighted by molar-refractivity contribution is 7.99. The second kappa shape index (κ2) is 6.24. The standard InChI is InChI=1S/C17H10ClN5OS/c1-23-16(14-3-2-6-24-14)21-22-17(23)25-15-7-10(9-19)12-8-11(18)4-5-13(12)20-15/h2-8H,1H3. The lowest BCUT2D eigenvalue weighted by molar-refractivity contribution is 0.572. The first-order chi connectivity index (χ1) is 12.2. The van der Waals surface area contributed by atoms with Crippen LogP contribution >= 0.6 is 23.4 Å². The van der Waals surface area contributed by atoms with Crippen LogP contribution in [0.15, 0.2) is 57.3 Å². The Morgan fingerprint density at radius 1 is 1.24 bits per heavy atom. The van der Waals surface area contributed by atoms with Crippen molar-refractivity contribution in [3.05, 3.63) is 53.2 Å². The molecule has 0 unspecified atom stereocenters. The van der Waals surface area contributed by atoms with Crippen LogP contribution in [0.3, 0.4) is 0 Å². The van der Waals surface area contributed by atoms with E-state index in [9.17, 15) is 5.26 Å². The van der Waals surface area contributed by atoms with Crippen molar-refractivity contribution in [2.24, 2.45) is 7.05 Å². The van der Waals surface area contributed by atoms with Crippen LogP contribution in [0.1, 0.15) is 5.56 Å². The van der Waals surface area contributed by atoms with Crippen molar-refractivity contribution in [2.45, 2.75) is 10.2 Å². The summed E-state index contributed by atoms with van der Waals surface area (Å²) in [6.45, 7) is 0. The zero-order chi connectivity index (χ0) is 17.4. The number of hydrogen-bond acceptors (Lipinski definition) is 6. The number of nitriles is 1. The van der Waals surface area contributed by atoms with Gasteiger partial charge in [-0.3, -0.25) is 0 Å². The SMILES string of the molecule is Cn1c(Sc2cc(C#N)c3cc(Cl)ccc3n2)nnc1-c1ccco1. The third kappa shape index (κ3) is 2.86. The molecule has 122 valence electrons. The van der Waals surface area contributed by atoms with Gasteiger partial charge in [0.15, 0.2) is 16.7 Å². The van der Waals surface area contributed by atoms with Gasteiger partial charge in [0.2, 0.25) is 0 Å². The van der Waals surface area contributed by atoms with Crippen molar-refractivity contribution in [2.75, 3.05) is 0 Å². The molecular weight excluding hydrogens is 358 g/mol. The second-order valence-electron chi connectivity index (χ2n) is 5.23. The zero-order valence-electron chi connectivity index (χ0n) is 13.0. The maximum absolute atomic E-state index is 9.43. The number of furan rings is 1. The molecule has 3 aromatic heterocycles. The number of halogens is 1. The molecule has 0 saturated carbocycles. The Kier molecular flexibility index (Phi) is 3.92. The molecule has 0 fully saturated rings. The van der Waals surface area contributed by atoms with Gasteiger partial charge in [-0.2, -0.15) is 5.26 Å². The minimum atomic E-state index is 0.517. The number of fused-ring (bicyclic) bond motifs is 1. The third-order valence-electron chi connectivity index (χ3n) is 3.64. The highest BCUT2D eigenvalue weighted by Crippen LogP contribution is 2.31. The number of aromatic nitrogens is 4. The Morgan fingerprint density at radius 2 is 2.12 bits per heavy atom. The fourth-order valence-corrected chi connectivity index (χ4v) is 3.42. The van der Waals surface area contributed by atoms with Crippen LogP contribution in [0.2, 0.25) is 5.02 Å². The smallest absolute Gasteiger partial charge is 0.200 e. The lowest BCUT2D eigenvalue weighted by Gasteiger charge is -2.05. The molecule has 0 aliphatic heterocycles. The summed E-state index contributed by atoms with van der Waals surface area (Å²) in [7, 11) is 1.85. The number of rotatable bonds is 3. The van der Waals surface area contributed by atoms with E-state index in [2.05, 4.69) is 21.3 Å². The van der Waals surface area contributed by atoms with E-state index >= 15 is 0 Å². The van der Waals surface area contributed by atoms with E-state index in [0.29, 0.717) is 37.9 Å². The van der Waals surface area contributed by atoms with Crippen molar-refractivity contribution in [3.63, 3.8) is 0 Å². The molecule has 0 aliphatic rings. The molecule has 0 saturated heterocycles. The molecular formula is C17H10ClN5OS. The first kappa shape index (κ1) is 15.7. The van der Waals surface area contributed by atoms with Gasteiger partial charge < -0.3 is 8.98 Å². The Labute approximate surface area is 152 Å². The molecule has 8 heteroatoms. The van der Waals surface area contributed by atoms with Crippen molar-refractivity contribution in [1.82, 2.24) is 19.7 Å². The summed E-state index contributed by atoms with van der Waals surface area (Å²) in [4.78, 5) is 4.58. The van der Waals surface area contributed by atoms with E-state index in [4.69, 9.17) is 16.0 Å². The fourth-order valence-electron chi connectivity index (χ4n) is 2.44. The molecule has 0 amide bonds. The van der Waals surface area contributed by atoms with Gasteiger partial charge in [0.25, 0.3) is 0 Å². The monoisotopic (exact) mass is 367 g/mol. The van der Waals surface area contributed by atoms with Gasteiger partial charge in [0.1, 0.15) is 5.03 Å². The summed E-state index contributed by atoms with van der Waals surface area (Å²) in [6.07, 6.45) is 1.59. The van der Waals surface area contributed by atoms with Gasteiger partial charge in [-0.25, -0.2) is 4.98 Å². The van der Waals surface area contributed by atoms with Crippen molar-refractivity contribution >= 4 is 34.3 Å². The van der Waals surface area contributed by atoms with Crippen LogP contribution in [0.5, 0.6) is 0 Å². The maximum Gasteiger partial charge on any atom is 0.200 e. The Morgan fingerprint density at radius 3 is 2.88 bits per heavy atom. The number of nitrogens with zero attached hydrogens (tertiary/aromatic N) is 5. The number of pyridine rings is 1. The lowest BCUT2D eigenvalue weighted by atomic mass is 10.1. The van der Waals surface area contributed by atoms with Crippen molar-refractivity contribution < 1.29 is 4.42 Å². The lowest BCUT2D eigenvalue weighted by Crippen LogP contribution is -1.95. The van der Waals surface area contributed by atoms with Gasteiger partial charge in [-0.05, 0) is 48.2 Å². The number of benzene rings is 1. The number of hydrogen-bond donors (Lipinski definition) is 0. The average Bonchev–Trinajstić information content (AvgIpc) is 3.25. The molecule has 0 aliphatic carbocycles. The Balaban J connectivity index is 1.74. The molecule has 0 spiro atoms. The molecule has 0 N–H and O–H groups in total. The molecule has 0 atom stereocenters. The molecule has 4 rings (SSSR count). The Hall–Kier alpha value is -2.82. The van der Waals surface area contributed by atoms with E-state index < -0.39 is 0 Å². The summed E-state index contributed by atoms with van der Waals surface area (Å²) in [5, 5.41) is 20.4. The van der Waals surface area contributed by atoms with E-state index in [1.807, 2.05) is 17.7 Å². The minimum Gasteiger partial charge on any atom is -0.461 e. The van der Waals surface area contributed by atoms with Crippen LogP contribution in [-0.2, 0) is 7.05 Å². The summed E-state index contributed by atoms with van der Waals surface area (Å²) < 4.78 is 7.19. The maximum atomic E-state index is 9.43. The molecule has 1 aromatic carbocycles. The van der Waals surface area contributed by atoms with E-state index in [-0.39, 0.29) is 0 Å². The average molecular weight is 368 g/mol. The van der Waals surface area contributed by atoms with E-state index in [1.54, 1.807) is 36.6 Å². The predicted molar refractivity (Wildman–Crippen MR) is 94.3 cm³/mol. The van der Waals surface area contributed by atoms with Crippen molar-refractivity contribution in [1.29, 1.82) is 5.26 Å². The van der Waals surface area contributed by atoms with Gasteiger partial charge in [-0.15, -0.1) is 10.2 Å². The molecule has 0 bridgehead atoms. The third-order valence-corrected chi connectivity index (χ3v) is 4.83. The molecule has 25 heavy (non-hydrogen) atoms.